The summed E-state index contributed by atoms with van der Waals surface area (Å²) >= 11 is 0. The van der Waals surface area contributed by atoms with E-state index in [1.165, 1.54) is 6.08 Å². The van der Waals surface area contributed by atoms with Crippen LogP contribution in [-0.4, -0.2) is 77.4 Å². The van der Waals surface area contributed by atoms with Crippen molar-refractivity contribution < 1.29 is 28.6 Å². The molecule has 3 amide bonds. The zero-order valence-corrected chi connectivity index (χ0v) is 24.4. The second kappa shape index (κ2) is 14.2. The Morgan fingerprint density at radius 2 is 1.76 bits per heavy atom. The van der Waals surface area contributed by atoms with E-state index in [1.807, 2.05) is 48.5 Å². The van der Waals surface area contributed by atoms with E-state index in [1.54, 1.807) is 54.6 Å². The van der Waals surface area contributed by atoms with Gasteiger partial charge in [-0.05, 0) is 56.7 Å². The lowest BCUT2D eigenvalue weighted by molar-refractivity contribution is -0.136. The largest absolute Gasteiger partial charge is 0.496 e. The molecular formula is C31H37N5O6. The molecule has 1 fully saturated rings. The molecule has 1 saturated heterocycles. The van der Waals surface area contributed by atoms with Gasteiger partial charge in [-0.2, -0.15) is 5.10 Å². The van der Waals surface area contributed by atoms with Crippen molar-refractivity contribution >= 4 is 29.7 Å². The van der Waals surface area contributed by atoms with Crippen LogP contribution in [0.1, 0.15) is 36.7 Å². The van der Waals surface area contributed by atoms with Crippen molar-refractivity contribution in [1.29, 1.82) is 0 Å². The number of nitrogens with zero attached hydrogens (tertiary/aromatic N) is 4. The monoisotopic (exact) mass is 575 g/mol. The fourth-order valence-electron chi connectivity index (χ4n) is 4.54. The zero-order chi connectivity index (χ0) is 30.1. The van der Waals surface area contributed by atoms with Gasteiger partial charge in [-0.1, -0.05) is 24.3 Å². The number of aryl methyl sites for hydroxylation is 1. The summed E-state index contributed by atoms with van der Waals surface area (Å²) in [5, 5.41) is 7.31. The van der Waals surface area contributed by atoms with Crippen molar-refractivity contribution in [3.05, 3.63) is 77.6 Å². The lowest BCUT2D eigenvalue weighted by Crippen LogP contribution is -2.52. The second-order valence-corrected chi connectivity index (χ2v) is 9.79. The highest BCUT2D eigenvalue weighted by Crippen LogP contribution is 2.23. The van der Waals surface area contributed by atoms with Crippen molar-refractivity contribution in [3.8, 4) is 11.5 Å². The fourth-order valence-corrected chi connectivity index (χ4v) is 4.54. The molecule has 42 heavy (non-hydrogen) atoms. The SMILES string of the molecule is CCOC(=O)N1CCN(C(=O)C(C)n2cc(NC(=O)/C=C/c3ccc(OC)c(COc4ccccc4)c3)c(C)n2)CC1. The molecular weight excluding hydrogens is 538 g/mol. The predicted molar refractivity (Wildman–Crippen MR) is 158 cm³/mol. The molecule has 0 saturated carbocycles. The fraction of sp³-hybridized carbons (Fsp3) is 0.355. The van der Waals surface area contributed by atoms with Gasteiger partial charge in [0.05, 0.1) is 25.1 Å². The molecule has 1 N–H and O–H groups in total. The van der Waals surface area contributed by atoms with Crippen molar-refractivity contribution in [3.63, 3.8) is 0 Å². The molecule has 0 spiro atoms. The van der Waals surface area contributed by atoms with Crippen LogP contribution in [0, 0.1) is 6.92 Å². The molecule has 4 rings (SSSR count). The minimum absolute atomic E-state index is 0.106. The van der Waals surface area contributed by atoms with Crippen LogP contribution in [0.5, 0.6) is 11.5 Å². The third kappa shape index (κ3) is 7.68. The van der Waals surface area contributed by atoms with E-state index in [0.717, 1.165) is 16.9 Å². The summed E-state index contributed by atoms with van der Waals surface area (Å²) in [4.78, 5) is 41.1. The number of benzene rings is 2. The standard InChI is InChI=1S/C31H37N5O6/c1-5-41-31(39)35-17-15-34(16-18-35)30(38)23(3)36-20-27(22(2)33-36)32-29(37)14-12-24-11-13-28(40-4)25(19-24)21-42-26-9-7-6-8-10-26/h6-14,19-20,23H,5,15-18,21H2,1-4H3,(H,32,37)/b14-12+. The van der Waals surface area contributed by atoms with Crippen molar-refractivity contribution in [2.24, 2.45) is 0 Å². The van der Waals surface area contributed by atoms with Crippen molar-refractivity contribution in [2.45, 2.75) is 33.4 Å². The molecule has 2 aromatic carbocycles. The molecule has 2 heterocycles. The Balaban J connectivity index is 1.34. The molecule has 1 aromatic heterocycles. The first kappa shape index (κ1) is 30.2. The van der Waals surface area contributed by atoms with E-state index >= 15 is 0 Å². The van der Waals surface area contributed by atoms with Gasteiger partial charge >= 0.3 is 6.09 Å². The Kier molecular flexibility index (Phi) is 10.2. The number of anilines is 1. The van der Waals surface area contributed by atoms with Crippen LogP contribution in [0.4, 0.5) is 10.5 Å². The van der Waals surface area contributed by atoms with E-state index in [2.05, 4.69) is 10.4 Å². The number of methoxy groups -OCH3 is 1. The Morgan fingerprint density at radius 3 is 2.45 bits per heavy atom. The van der Waals surface area contributed by atoms with Crippen LogP contribution in [-0.2, 0) is 20.9 Å². The summed E-state index contributed by atoms with van der Waals surface area (Å²) in [6.45, 7) is 7.60. The number of rotatable bonds is 10. The van der Waals surface area contributed by atoms with Gasteiger partial charge in [-0.3, -0.25) is 14.3 Å². The van der Waals surface area contributed by atoms with Gasteiger partial charge in [0.25, 0.3) is 0 Å². The van der Waals surface area contributed by atoms with E-state index in [0.29, 0.717) is 56.5 Å². The molecule has 0 radical (unpaired) electrons. The molecule has 1 aliphatic heterocycles. The number of nitrogens with one attached hydrogen (secondary N) is 1. The summed E-state index contributed by atoms with van der Waals surface area (Å²) in [6.07, 6.45) is 4.45. The summed E-state index contributed by atoms with van der Waals surface area (Å²) in [7, 11) is 1.60. The Labute approximate surface area is 245 Å². The minimum atomic E-state index is -0.574. The Morgan fingerprint density at radius 1 is 1.05 bits per heavy atom. The first-order valence-corrected chi connectivity index (χ1v) is 13.9. The smallest absolute Gasteiger partial charge is 0.409 e. The number of carbonyl (C=O) groups is 3. The van der Waals surface area contributed by atoms with Gasteiger partial charge < -0.3 is 29.3 Å². The molecule has 11 nitrogen and oxygen atoms in total. The number of hydrogen-bond donors (Lipinski definition) is 1. The van der Waals surface area contributed by atoms with Gasteiger partial charge in [-0.25, -0.2) is 4.79 Å². The summed E-state index contributed by atoms with van der Waals surface area (Å²) in [5.41, 5.74) is 2.77. The van der Waals surface area contributed by atoms with Gasteiger partial charge in [0.15, 0.2) is 0 Å². The minimum Gasteiger partial charge on any atom is -0.496 e. The van der Waals surface area contributed by atoms with Crippen molar-refractivity contribution in [2.75, 3.05) is 45.2 Å². The second-order valence-electron chi connectivity index (χ2n) is 9.79. The molecule has 0 aliphatic carbocycles. The number of aromatic nitrogens is 2. The third-order valence-electron chi connectivity index (χ3n) is 6.92. The molecule has 0 bridgehead atoms. The van der Waals surface area contributed by atoms with E-state index in [-0.39, 0.29) is 17.9 Å². The van der Waals surface area contributed by atoms with Crippen LogP contribution in [0.2, 0.25) is 0 Å². The van der Waals surface area contributed by atoms with Crippen LogP contribution in [0.3, 0.4) is 0 Å². The van der Waals surface area contributed by atoms with Crippen LogP contribution in [0.15, 0.2) is 60.8 Å². The quantitative estimate of drug-likeness (QED) is 0.359. The lowest BCUT2D eigenvalue weighted by atomic mass is 10.1. The number of amides is 3. The maximum atomic E-state index is 13.1. The number of hydrogen-bond acceptors (Lipinski definition) is 7. The highest BCUT2D eigenvalue weighted by molar-refractivity contribution is 6.02. The highest BCUT2D eigenvalue weighted by Gasteiger charge is 2.29. The number of para-hydroxylation sites is 1. The lowest BCUT2D eigenvalue weighted by Gasteiger charge is -2.35. The van der Waals surface area contributed by atoms with Crippen LogP contribution < -0.4 is 14.8 Å². The van der Waals surface area contributed by atoms with Gasteiger partial charge in [0.2, 0.25) is 11.8 Å². The van der Waals surface area contributed by atoms with E-state index in [9.17, 15) is 14.4 Å². The number of ether oxygens (including phenoxy) is 3. The van der Waals surface area contributed by atoms with Crippen LogP contribution >= 0.6 is 0 Å². The van der Waals surface area contributed by atoms with Gasteiger partial charge in [-0.15, -0.1) is 0 Å². The third-order valence-corrected chi connectivity index (χ3v) is 6.92. The molecule has 1 atom stereocenters. The zero-order valence-electron chi connectivity index (χ0n) is 24.4. The summed E-state index contributed by atoms with van der Waals surface area (Å²) < 4.78 is 17.9. The van der Waals surface area contributed by atoms with E-state index in [4.69, 9.17) is 14.2 Å². The molecule has 3 aromatic rings. The maximum absolute atomic E-state index is 13.1. The molecule has 1 unspecified atom stereocenters. The first-order chi connectivity index (χ1) is 20.3. The van der Waals surface area contributed by atoms with Gasteiger partial charge in [0.1, 0.15) is 24.1 Å². The highest BCUT2D eigenvalue weighted by atomic mass is 16.6. The average molecular weight is 576 g/mol. The summed E-state index contributed by atoms with van der Waals surface area (Å²) in [6, 6.07) is 14.5. The van der Waals surface area contributed by atoms with E-state index < -0.39 is 6.04 Å². The number of piperazine rings is 1. The Bertz CT molecular complexity index is 1410. The van der Waals surface area contributed by atoms with Gasteiger partial charge in [0, 0.05) is 44.0 Å². The topological polar surface area (TPSA) is 115 Å². The predicted octanol–water partition coefficient (Wildman–Crippen LogP) is 4.29. The average Bonchev–Trinajstić information content (AvgIpc) is 3.38. The first-order valence-electron chi connectivity index (χ1n) is 13.9. The van der Waals surface area contributed by atoms with Crippen molar-refractivity contribution in [1.82, 2.24) is 19.6 Å². The normalized spacial score (nSPS) is 14.0. The maximum Gasteiger partial charge on any atom is 0.409 e. The Hall–Kier alpha value is -4.80. The van der Waals surface area contributed by atoms with Crippen LogP contribution in [0.25, 0.3) is 6.08 Å². The number of carbonyl (C=O) groups excluding carboxylic acids is 3. The molecule has 222 valence electrons. The molecule has 1 aliphatic rings. The summed E-state index contributed by atoms with van der Waals surface area (Å²) in [5.74, 6) is 1.01. The molecule has 11 heteroatoms.